The number of methoxy groups -OCH3 is 2. The molecule has 1 aromatic carbocycles. The van der Waals surface area contributed by atoms with Crippen molar-refractivity contribution in [3.63, 3.8) is 0 Å². The van der Waals surface area contributed by atoms with E-state index < -0.39 is 5.56 Å². The zero-order valence-corrected chi connectivity index (χ0v) is 11.4. The predicted molar refractivity (Wildman–Crippen MR) is 74.3 cm³/mol. The minimum absolute atomic E-state index is 0.0174. The van der Waals surface area contributed by atoms with Crippen LogP contribution >= 0.6 is 0 Å². The quantitative estimate of drug-likeness (QED) is 0.891. The van der Waals surface area contributed by atoms with Crippen LogP contribution in [0.4, 0.5) is 0 Å². The molecule has 0 aliphatic carbocycles. The maximum Gasteiger partial charge on any atom is 0.281 e. The topological polar surface area (TPSA) is 97.4 Å². The van der Waals surface area contributed by atoms with E-state index in [0.717, 1.165) is 0 Å². The smallest absolute Gasteiger partial charge is 0.281 e. The first-order valence-corrected chi connectivity index (χ1v) is 6.09. The molecule has 0 unspecified atom stereocenters. The average Bonchev–Trinajstić information content (AvgIpc) is 2.81. The van der Waals surface area contributed by atoms with Gasteiger partial charge in [-0.15, -0.1) is 0 Å². The molecule has 0 fully saturated rings. The van der Waals surface area contributed by atoms with Gasteiger partial charge in [-0.3, -0.25) is 4.79 Å². The Kier molecular flexibility index (Phi) is 2.80. The molecule has 0 radical (unpaired) electrons. The van der Waals surface area contributed by atoms with E-state index in [1.807, 2.05) is 6.07 Å². The molecule has 7 nitrogen and oxygen atoms in total. The van der Waals surface area contributed by atoms with Crippen LogP contribution in [0.15, 0.2) is 22.7 Å². The van der Waals surface area contributed by atoms with Gasteiger partial charge in [-0.05, 0) is 6.07 Å². The molecule has 3 rings (SSSR count). The van der Waals surface area contributed by atoms with Crippen molar-refractivity contribution in [2.75, 3.05) is 14.2 Å². The van der Waals surface area contributed by atoms with Crippen LogP contribution < -0.4 is 15.0 Å². The van der Waals surface area contributed by atoms with Crippen LogP contribution in [0.5, 0.6) is 11.5 Å². The number of aliphatic hydroxyl groups excluding tert-OH is 1. The Morgan fingerprint density at radius 2 is 2.00 bits per heavy atom. The van der Waals surface area contributed by atoms with E-state index in [0.29, 0.717) is 22.4 Å². The summed E-state index contributed by atoms with van der Waals surface area (Å²) in [6, 6.07) is 5.04. The fraction of sp³-hybridized carbons (Fsp3) is 0.214. The molecule has 1 aliphatic rings. The largest absolute Gasteiger partial charge is 0.509 e. The van der Waals surface area contributed by atoms with Crippen molar-refractivity contribution in [2.45, 2.75) is 6.54 Å². The van der Waals surface area contributed by atoms with Crippen molar-refractivity contribution in [2.24, 2.45) is 0 Å². The third-order valence-corrected chi connectivity index (χ3v) is 3.42. The second kappa shape index (κ2) is 4.52. The number of benzene rings is 1. The van der Waals surface area contributed by atoms with Crippen LogP contribution in [0.3, 0.4) is 0 Å². The van der Waals surface area contributed by atoms with Crippen molar-refractivity contribution in [1.82, 2.24) is 9.55 Å². The van der Waals surface area contributed by atoms with Gasteiger partial charge < -0.3 is 19.1 Å². The monoisotopic (exact) mass is 285 g/mol. The summed E-state index contributed by atoms with van der Waals surface area (Å²) in [4.78, 5) is 16.0. The van der Waals surface area contributed by atoms with E-state index in [9.17, 15) is 9.90 Å². The highest BCUT2D eigenvalue weighted by atomic mass is 16.5. The van der Waals surface area contributed by atoms with Gasteiger partial charge in [-0.2, -0.15) is 10.2 Å². The summed E-state index contributed by atoms with van der Waals surface area (Å²) in [5, 5.41) is 19.2. The van der Waals surface area contributed by atoms with Crippen molar-refractivity contribution >= 4 is 16.5 Å². The van der Waals surface area contributed by atoms with E-state index in [1.54, 1.807) is 10.6 Å². The Balaban J connectivity index is 2.40. The highest BCUT2D eigenvalue weighted by molar-refractivity contribution is 5.87. The van der Waals surface area contributed by atoms with Gasteiger partial charge in [0.25, 0.3) is 5.56 Å². The van der Waals surface area contributed by atoms with Gasteiger partial charge in [-0.1, -0.05) is 0 Å². The summed E-state index contributed by atoms with van der Waals surface area (Å²) in [6.45, 7) is 0.0947. The molecule has 7 heteroatoms. The van der Waals surface area contributed by atoms with Crippen LogP contribution in [0, 0.1) is 11.3 Å². The summed E-state index contributed by atoms with van der Waals surface area (Å²) in [5.74, 6) is 0.932. The number of hydrogen-bond donors (Lipinski definition) is 1. The highest BCUT2D eigenvalue weighted by Gasteiger charge is 2.25. The standard InChI is InChI=1S/C14H11N3O4/c1-20-11-3-7-9(4-12(11)21-2)17-6-10(18)8(5-15)13(17)16-14(7)19/h3-4,18H,6H2,1-2H3. The molecule has 0 atom stereocenters. The Morgan fingerprint density at radius 1 is 1.33 bits per heavy atom. The molecule has 0 spiro atoms. The number of hydrogen-bond acceptors (Lipinski definition) is 6. The molecule has 106 valence electrons. The zero-order valence-electron chi connectivity index (χ0n) is 11.4. The second-order valence-corrected chi connectivity index (χ2v) is 4.48. The molecule has 1 aliphatic heterocycles. The maximum absolute atomic E-state index is 12.1. The molecule has 1 aromatic heterocycles. The van der Waals surface area contributed by atoms with Gasteiger partial charge in [0, 0.05) is 6.07 Å². The molecule has 0 bridgehead atoms. The summed E-state index contributed by atoms with van der Waals surface area (Å²) in [6.07, 6.45) is 0. The van der Waals surface area contributed by atoms with Crippen LogP contribution in [0.1, 0.15) is 5.82 Å². The van der Waals surface area contributed by atoms with E-state index in [1.165, 1.54) is 20.3 Å². The predicted octanol–water partition coefficient (Wildman–Crippen LogP) is 1.22. The van der Waals surface area contributed by atoms with E-state index >= 15 is 0 Å². The van der Waals surface area contributed by atoms with Gasteiger partial charge in [0.2, 0.25) is 0 Å². The Labute approximate surface area is 119 Å². The molecule has 21 heavy (non-hydrogen) atoms. The van der Waals surface area contributed by atoms with E-state index in [2.05, 4.69) is 4.98 Å². The van der Waals surface area contributed by atoms with E-state index in [-0.39, 0.29) is 23.7 Å². The van der Waals surface area contributed by atoms with Gasteiger partial charge in [0.15, 0.2) is 17.3 Å². The van der Waals surface area contributed by atoms with Gasteiger partial charge in [0.05, 0.1) is 31.7 Å². The average molecular weight is 285 g/mol. The zero-order chi connectivity index (χ0) is 15.1. The SMILES string of the molecule is COc1cc2c(=O)nc3n(c2cc1OC)CC(O)=C3C#N. The number of aliphatic hydroxyl groups is 1. The fourth-order valence-electron chi connectivity index (χ4n) is 2.42. The molecule has 2 heterocycles. The lowest BCUT2D eigenvalue weighted by molar-refractivity contribution is 0.355. The number of rotatable bonds is 2. The first-order chi connectivity index (χ1) is 10.1. The fourth-order valence-corrected chi connectivity index (χ4v) is 2.42. The van der Waals surface area contributed by atoms with Crippen molar-refractivity contribution < 1.29 is 14.6 Å². The van der Waals surface area contributed by atoms with Crippen LogP contribution in [-0.2, 0) is 6.54 Å². The molecule has 1 N–H and O–H groups in total. The molecule has 2 aromatic rings. The Bertz CT molecular complexity index is 890. The third-order valence-electron chi connectivity index (χ3n) is 3.42. The summed E-state index contributed by atoms with van der Waals surface area (Å²) >= 11 is 0. The minimum atomic E-state index is -0.486. The lowest BCUT2D eigenvalue weighted by Gasteiger charge is -2.12. The molecule has 0 amide bonds. The maximum atomic E-state index is 12.1. The van der Waals surface area contributed by atoms with Crippen molar-refractivity contribution in [3.05, 3.63) is 34.1 Å². The van der Waals surface area contributed by atoms with Crippen molar-refractivity contribution in [3.8, 4) is 17.6 Å². The number of fused-ring (bicyclic) bond motifs is 3. The second-order valence-electron chi connectivity index (χ2n) is 4.48. The third kappa shape index (κ3) is 1.73. The highest BCUT2D eigenvalue weighted by Crippen LogP contribution is 2.33. The van der Waals surface area contributed by atoms with Gasteiger partial charge >= 0.3 is 0 Å². The number of nitrogens with zero attached hydrogens (tertiary/aromatic N) is 3. The van der Waals surface area contributed by atoms with Gasteiger partial charge in [0.1, 0.15) is 17.4 Å². The summed E-state index contributed by atoms with van der Waals surface area (Å²) < 4.78 is 12.0. The van der Waals surface area contributed by atoms with Crippen LogP contribution in [0.2, 0.25) is 0 Å². The van der Waals surface area contributed by atoms with Gasteiger partial charge in [-0.25, -0.2) is 0 Å². The first-order valence-electron chi connectivity index (χ1n) is 6.09. The molecular weight excluding hydrogens is 274 g/mol. The Hall–Kier alpha value is -3.01. The van der Waals surface area contributed by atoms with E-state index in [4.69, 9.17) is 14.7 Å². The number of ether oxygens (including phenoxy) is 2. The lowest BCUT2D eigenvalue weighted by Crippen LogP contribution is -2.15. The number of nitriles is 1. The number of aromatic nitrogens is 2. The molecule has 0 saturated heterocycles. The molecular formula is C14H11N3O4. The summed E-state index contributed by atoms with van der Waals surface area (Å²) in [5.41, 5.74) is 0.0582. The number of allylic oxidation sites excluding steroid dienone is 2. The minimum Gasteiger partial charge on any atom is -0.509 e. The Morgan fingerprint density at radius 3 is 2.62 bits per heavy atom. The van der Waals surface area contributed by atoms with Crippen LogP contribution in [-0.4, -0.2) is 28.9 Å². The molecule has 0 saturated carbocycles. The lowest BCUT2D eigenvalue weighted by atomic mass is 10.2. The summed E-state index contributed by atoms with van der Waals surface area (Å²) in [7, 11) is 2.97. The van der Waals surface area contributed by atoms with Crippen LogP contribution in [0.25, 0.3) is 16.5 Å². The van der Waals surface area contributed by atoms with Crippen molar-refractivity contribution in [1.29, 1.82) is 5.26 Å². The first kappa shape index (κ1) is 13.0. The normalized spacial score (nSPS) is 13.2.